The van der Waals surface area contributed by atoms with Crippen LogP contribution in [0.3, 0.4) is 0 Å². The summed E-state index contributed by atoms with van der Waals surface area (Å²) in [4.78, 5) is 23.3. The van der Waals surface area contributed by atoms with Crippen molar-refractivity contribution in [3.8, 4) is 0 Å². The predicted molar refractivity (Wildman–Crippen MR) is 130 cm³/mol. The van der Waals surface area contributed by atoms with Crippen molar-refractivity contribution in [3.63, 3.8) is 0 Å². The average molecular weight is 467 g/mol. The molecule has 2 aromatic heterocycles. The summed E-state index contributed by atoms with van der Waals surface area (Å²) in [5.74, 6) is 0.358. The van der Waals surface area contributed by atoms with Crippen molar-refractivity contribution in [3.05, 3.63) is 69.6 Å². The van der Waals surface area contributed by atoms with Crippen molar-refractivity contribution in [2.45, 2.75) is 37.3 Å². The van der Waals surface area contributed by atoms with E-state index in [2.05, 4.69) is 52.9 Å². The number of hydrogen-bond donors (Lipinski definition) is 2. The van der Waals surface area contributed by atoms with E-state index in [9.17, 15) is 9.59 Å². The van der Waals surface area contributed by atoms with Crippen LogP contribution in [-0.4, -0.2) is 16.1 Å². The van der Waals surface area contributed by atoms with Crippen LogP contribution in [0.15, 0.2) is 56.0 Å². The Labute approximate surface area is 193 Å². The van der Waals surface area contributed by atoms with Crippen molar-refractivity contribution in [2.24, 2.45) is 0 Å². The summed E-state index contributed by atoms with van der Waals surface area (Å²) in [6.45, 7) is 5.63. The van der Waals surface area contributed by atoms with Gasteiger partial charge in [0.15, 0.2) is 4.34 Å². The second-order valence-electron chi connectivity index (χ2n) is 7.23. The first kappa shape index (κ1) is 22.0. The molecule has 9 heteroatoms. The van der Waals surface area contributed by atoms with Gasteiger partial charge in [-0.15, -0.1) is 10.2 Å². The van der Waals surface area contributed by atoms with Gasteiger partial charge in [0.2, 0.25) is 11.0 Å². The molecule has 164 valence electrons. The van der Waals surface area contributed by atoms with E-state index in [1.165, 1.54) is 41.7 Å². The monoisotopic (exact) mass is 466 g/mol. The Bertz CT molecular complexity index is 1350. The first-order valence-electron chi connectivity index (χ1n) is 10.1. The molecule has 7 nitrogen and oxygen atoms in total. The maximum atomic E-state index is 12.1. The summed E-state index contributed by atoms with van der Waals surface area (Å²) in [5, 5.41) is 16.2. The van der Waals surface area contributed by atoms with Crippen LogP contribution in [0, 0.1) is 6.92 Å². The standard InChI is InChI=1S/C23H22N4O3S2/c1-4-15-7-5-6-13(2)21(15)25-22-26-27-23(32-22)31-12-16-10-20(29)30-19-11-17(24-14(3)28)8-9-18(16)19/h5-11H,4,12H2,1-3H3,(H,24,28)(H,25,26). The molecule has 0 aliphatic carbocycles. The third-order valence-electron chi connectivity index (χ3n) is 4.88. The zero-order valence-electron chi connectivity index (χ0n) is 17.9. The molecular formula is C23H22N4O3S2. The van der Waals surface area contributed by atoms with Gasteiger partial charge in [0, 0.05) is 41.6 Å². The number of rotatable bonds is 7. The SMILES string of the molecule is CCc1cccc(C)c1Nc1nnc(SCc2cc(=O)oc3cc(NC(C)=O)ccc23)s1. The number of aromatic nitrogens is 2. The minimum absolute atomic E-state index is 0.184. The summed E-state index contributed by atoms with van der Waals surface area (Å²) in [6, 6.07) is 13.0. The number of carbonyl (C=O) groups is 1. The average Bonchev–Trinajstić information content (AvgIpc) is 3.20. The smallest absolute Gasteiger partial charge is 0.336 e. The second-order valence-corrected chi connectivity index (χ2v) is 9.43. The van der Waals surface area contributed by atoms with E-state index in [1.807, 2.05) is 6.07 Å². The predicted octanol–water partition coefficient (Wildman–Crippen LogP) is 5.51. The second kappa shape index (κ2) is 9.54. The number of amides is 1. The molecular weight excluding hydrogens is 444 g/mol. The van der Waals surface area contributed by atoms with Crippen LogP contribution in [0.2, 0.25) is 0 Å². The number of thioether (sulfide) groups is 1. The third kappa shape index (κ3) is 5.00. The van der Waals surface area contributed by atoms with E-state index in [-0.39, 0.29) is 5.91 Å². The van der Waals surface area contributed by atoms with Gasteiger partial charge in [-0.1, -0.05) is 48.2 Å². The number of aryl methyl sites for hydroxylation is 2. The van der Waals surface area contributed by atoms with E-state index in [1.54, 1.807) is 12.1 Å². The molecule has 0 fully saturated rings. The molecule has 0 saturated heterocycles. The van der Waals surface area contributed by atoms with Gasteiger partial charge < -0.3 is 15.1 Å². The molecule has 0 saturated carbocycles. The third-order valence-corrected chi connectivity index (χ3v) is 6.90. The zero-order valence-corrected chi connectivity index (χ0v) is 19.5. The van der Waals surface area contributed by atoms with Crippen molar-refractivity contribution in [2.75, 3.05) is 10.6 Å². The molecule has 0 aliphatic rings. The Morgan fingerprint density at radius 2 is 2.00 bits per heavy atom. The fourth-order valence-corrected chi connectivity index (χ4v) is 5.14. The van der Waals surface area contributed by atoms with Crippen molar-refractivity contribution < 1.29 is 9.21 Å². The van der Waals surface area contributed by atoms with Crippen LogP contribution in [-0.2, 0) is 17.0 Å². The lowest BCUT2D eigenvalue weighted by molar-refractivity contribution is -0.114. The fraction of sp³-hybridized carbons (Fsp3) is 0.217. The molecule has 2 heterocycles. The van der Waals surface area contributed by atoms with Gasteiger partial charge in [0.1, 0.15) is 5.58 Å². The van der Waals surface area contributed by atoms with E-state index >= 15 is 0 Å². The molecule has 4 aromatic rings. The first-order valence-corrected chi connectivity index (χ1v) is 11.9. The highest BCUT2D eigenvalue weighted by atomic mass is 32.2. The Morgan fingerprint density at radius 1 is 1.16 bits per heavy atom. The lowest BCUT2D eigenvalue weighted by atomic mass is 10.1. The summed E-state index contributed by atoms with van der Waals surface area (Å²) >= 11 is 2.99. The van der Waals surface area contributed by atoms with Crippen molar-refractivity contribution >= 4 is 56.5 Å². The van der Waals surface area contributed by atoms with Crippen LogP contribution >= 0.6 is 23.1 Å². The van der Waals surface area contributed by atoms with Crippen LogP contribution in [0.4, 0.5) is 16.5 Å². The number of para-hydroxylation sites is 1. The molecule has 0 bridgehead atoms. The van der Waals surface area contributed by atoms with Crippen LogP contribution in [0.25, 0.3) is 11.0 Å². The molecule has 4 rings (SSSR count). The lowest BCUT2D eigenvalue weighted by Gasteiger charge is -2.11. The van der Waals surface area contributed by atoms with Crippen molar-refractivity contribution in [1.29, 1.82) is 0 Å². The van der Waals surface area contributed by atoms with E-state index in [0.717, 1.165) is 38.1 Å². The summed E-state index contributed by atoms with van der Waals surface area (Å²) in [7, 11) is 0. The molecule has 0 aliphatic heterocycles. The minimum atomic E-state index is -0.431. The van der Waals surface area contributed by atoms with E-state index < -0.39 is 5.63 Å². The molecule has 0 unspecified atom stereocenters. The topological polar surface area (TPSA) is 97.1 Å². The Balaban J connectivity index is 1.52. The maximum Gasteiger partial charge on any atom is 0.336 e. The minimum Gasteiger partial charge on any atom is -0.423 e. The fourth-order valence-electron chi connectivity index (χ4n) is 3.40. The Morgan fingerprint density at radius 3 is 2.78 bits per heavy atom. The normalized spacial score (nSPS) is 11.0. The van der Waals surface area contributed by atoms with Crippen LogP contribution < -0.4 is 16.3 Å². The number of fused-ring (bicyclic) bond motifs is 1. The molecule has 0 radical (unpaired) electrons. The highest BCUT2D eigenvalue weighted by molar-refractivity contribution is 8.00. The van der Waals surface area contributed by atoms with Gasteiger partial charge in [0.05, 0.1) is 0 Å². The molecule has 2 N–H and O–H groups in total. The molecule has 0 spiro atoms. The number of nitrogens with one attached hydrogen (secondary N) is 2. The van der Waals surface area contributed by atoms with E-state index in [0.29, 0.717) is 17.0 Å². The largest absolute Gasteiger partial charge is 0.423 e. The number of carbonyl (C=O) groups excluding carboxylic acids is 1. The Kier molecular flexibility index (Phi) is 6.57. The lowest BCUT2D eigenvalue weighted by Crippen LogP contribution is -2.06. The first-order chi connectivity index (χ1) is 15.4. The van der Waals surface area contributed by atoms with Crippen molar-refractivity contribution in [1.82, 2.24) is 10.2 Å². The highest BCUT2D eigenvalue weighted by Crippen LogP contribution is 2.33. The number of anilines is 3. The van der Waals surface area contributed by atoms with Gasteiger partial charge >= 0.3 is 5.63 Å². The summed E-state index contributed by atoms with van der Waals surface area (Å²) < 4.78 is 6.13. The molecule has 2 aromatic carbocycles. The van der Waals surface area contributed by atoms with E-state index in [4.69, 9.17) is 4.42 Å². The zero-order chi connectivity index (χ0) is 22.7. The molecule has 32 heavy (non-hydrogen) atoms. The van der Waals surface area contributed by atoms with Gasteiger partial charge in [-0.3, -0.25) is 4.79 Å². The highest BCUT2D eigenvalue weighted by Gasteiger charge is 2.12. The molecule has 0 atom stereocenters. The van der Waals surface area contributed by atoms with Gasteiger partial charge in [-0.05, 0) is 42.2 Å². The number of benzene rings is 2. The van der Waals surface area contributed by atoms with Gasteiger partial charge in [0.25, 0.3) is 0 Å². The Hall–Kier alpha value is -3.17. The maximum absolute atomic E-state index is 12.1. The van der Waals surface area contributed by atoms with Crippen LogP contribution in [0.1, 0.15) is 30.5 Å². The van der Waals surface area contributed by atoms with Gasteiger partial charge in [-0.2, -0.15) is 0 Å². The quantitative estimate of drug-likeness (QED) is 0.274. The van der Waals surface area contributed by atoms with Crippen LogP contribution in [0.5, 0.6) is 0 Å². The number of nitrogens with zero attached hydrogens (tertiary/aromatic N) is 2. The summed E-state index contributed by atoms with van der Waals surface area (Å²) in [5.41, 5.74) is 4.90. The number of hydrogen-bond acceptors (Lipinski definition) is 8. The molecule has 1 amide bonds. The van der Waals surface area contributed by atoms with Gasteiger partial charge in [-0.25, -0.2) is 4.79 Å². The summed E-state index contributed by atoms with van der Waals surface area (Å²) in [6.07, 6.45) is 0.928.